The first-order valence-corrected chi connectivity index (χ1v) is 19.9. The molecule has 2 aromatic carbocycles. The van der Waals surface area contributed by atoms with Gasteiger partial charge in [-0.1, -0.05) is 61.4 Å². The summed E-state index contributed by atoms with van der Waals surface area (Å²) in [6.07, 6.45) is 4.82. The number of allylic oxidation sites excluding steroid dienone is 3. The Kier molecular flexibility index (Phi) is 14.3. The predicted molar refractivity (Wildman–Crippen MR) is 222 cm³/mol. The Balaban J connectivity index is 1.46. The minimum atomic E-state index is -1.75. The van der Waals surface area contributed by atoms with Crippen LogP contribution < -0.4 is 15.0 Å². The fourth-order valence-corrected chi connectivity index (χ4v) is 7.84. The normalized spacial score (nSPS) is 26.6. The largest absolute Gasteiger partial charge is 0.495 e. The van der Waals surface area contributed by atoms with Gasteiger partial charge in [0.15, 0.2) is 5.72 Å². The Morgan fingerprint density at radius 1 is 1.14 bits per heavy atom. The molecule has 0 unspecified atom stereocenters. The van der Waals surface area contributed by atoms with Crippen LogP contribution in [0.5, 0.6) is 5.75 Å². The lowest BCUT2D eigenvalue weighted by molar-refractivity contribution is -0.155. The number of aromatic nitrogens is 1. The highest BCUT2D eigenvalue weighted by Gasteiger charge is 2.47. The topological polar surface area (TPSA) is 157 Å². The number of ether oxygens (including phenoxy) is 4. The zero-order valence-electron chi connectivity index (χ0n) is 34.7. The van der Waals surface area contributed by atoms with Gasteiger partial charge in [-0.3, -0.25) is 19.9 Å². The number of carbonyl (C=O) groups is 4. The van der Waals surface area contributed by atoms with E-state index in [9.17, 15) is 24.3 Å². The number of aryl methyl sites for hydroxylation is 1. The Hall–Kier alpha value is -4.98. The number of esters is 1. The second-order valence-corrected chi connectivity index (χ2v) is 16.0. The highest BCUT2D eigenvalue weighted by Crippen LogP contribution is 2.38. The lowest BCUT2D eigenvalue weighted by Crippen LogP contribution is -2.63. The lowest BCUT2D eigenvalue weighted by Gasteiger charge is -2.43. The molecular weight excluding hydrogens is 764 g/mol. The number of anilines is 1. The minimum Gasteiger partial charge on any atom is -0.495 e. The van der Waals surface area contributed by atoms with E-state index in [2.05, 4.69) is 10.3 Å². The maximum Gasteiger partial charge on any atom is 0.409 e. The molecule has 1 fully saturated rings. The third kappa shape index (κ3) is 9.82. The molecule has 0 spiro atoms. The van der Waals surface area contributed by atoms with Crippen LogP contribution in [0.25, 0.3) is 10.9 Å². The summed E-state index contributed by atoms with van der Waals surface area (Å²) in [5, 5.41) is 15.2. The first-order chi connectivity index (χ1) is 27.5. The van der Waals surface area contributed by atoms with E-state index < -0.39 is 42.1 Å². The lowest BCUT2D eigenvalue weighted by atomic mass is 9.81. The van der Waals surface area contributed by atoms with E-state index in [1.54, 1.807) is 50.5 Å². The van der Waals surface area contributed by atoms with Crippen LogP contribution in [-0.4, -0.2) is 97.3 Å². The van der Waals surface area contributed by atoms with Crippen molar-refractivity contribution < 1.29 is 43.2 Å². The average Bonchev–Trinajstić information content (AvgIpc) is 3.19. The number of aliphatic hydroxyl groups is 1. The van der Waals surface area contributed by atoms with Gasteiger partial charge in [0, 0.05) is 44.8 Å². The maximum absolute atomic E-state index is 14.1. The van der Waals surface area contributed by atoms with Crippen LogP contribution in [0.1, 0.15) is 74.9 Å². The summed E-state index contributed by atoms with van der Waals surface area (Å²) < 4.78 is 23.1. The first-order valence-electron chi connectivity index (χ1n) is 19.5. The Morgan fingerprint density at radius 2 is 1.88 bits per heavy atom. The monoisotopic (exact) mass is 818 g/mol. The number of methoxy groups -OCH3 is 2. The molecule has 0 saturated carbocycles. The van der Waals surface area contributed by atoms with Crippen LogP contribution in [0, 0.1) is 18.8 Å². The van der Waals surface area contributed by atoms with Gasteiger partial charge in [-0.25, -0.2) is 9.59 Å². The molecule has 14 heteroatoms. The number of carbonyl (C=O) groups excluding carboxylic acids is 4. The quantitative estimate of drug-likeness (QED) is 0.250. The first kappa shape index (κ1) is 44.1. The van der Waals surface area contributed by atoms with E-state index in [1.807, 2.05) is 52.0 Å². The van der Waals surface area contributed by atoms with Crippen molar-refractivity contribution in [3.63, 3.8) is 0 Å². The zero-order valence-corrected chi connectivity index (χ0v) is 35.5. The summed E-state index contributed by atoms with van der Waals surface area (Å²) >= 11 is 6.79. The molecule has 13 nitrogen and oxygen atoms in total. The van der Waals surface area contributed by atoms with Crippen molar-refractivity contribution >= 4 is 52.1 Å². The van der Waals surface area contributed by atoms with Gasteiger partial charge in [0.1, 0.15) is 35.1 Å². The van der Waals surface area contributed by atoms with Gasteiger partial charge in [-0.15, -0.1) is 0 Å². The van der Waals surface area contributed by atoms with Gasteiger partial charge in [0.2, 0.25) is 5.91 Å². The number of nitrogens with zero attached hydrogens (tertiary/aromatic N) is 3. The molecule has 58 heavy (non-hydrogen) atoms. The molecule has 1 saturated heterocycles. The third-order valence-corrected chi connectivity index (χ3v) is 11.9. The van der Waals surface area contributed by atoms with Gasteiger partial charge in [0.05, 0.1) is 24.7 Å². The van der Waals surface area contributed by atoms with Gasteiger partial charge in [0.25, 0.3) is 5.91 Å². The smallest absolute Gasteiger partial charge is 0.409 e. The molecule has 0 radical (unpaired) electrons. The van der Waals surface area contributed by atoms with Crippen LogP contribution in [-0.2, 0) is 30.2 Å². The fourth-order valence-electron chi connectivity index (χ4n) is 7.53. The van der Waals surface area contributed by atoms with E-state index in [4.69, 9.17) is 30.5 Å². The molecule has 5 rings (SSSR count). The molecule has 2 aliphatic rings. The molecule has 7 atom stereocenters. The third-order valence-electron chi connectivity index (χ3n) is 11.6. The van der Waals surface area contributed by atoms with Crippen molar-refractivity contribution in [2.24, 2.45) is 11.8 Å². The Labute approximate surface area is 345 Å². The number of hydrogen-bond donors (Lipinski definition) is 2. The minimum absolute atomic E-state index is 0.0506. The van der Waals surface area contributed by atoms with E-state index in [-0.39, 0.29) is 47.9 Å². The number of rotatable bonds is 6. The maximum atomic E-state index is 14.1. The standard InChI is InChI=1S/C44H55ClN4O9/c1-25-12-10-14-37(56-9)44(54)24-36(58-43(53)47-44)28(4)26(2)15-17-31(23-38(50)49(7)34-21-30(20-25)22-35(55-8)39(34)45)57-42(52)29(5)48(6)41(51)33-18-16-27(3)40-32(33)13-11-19-46-40/h10-14,16,18-19,21-22,26,28-29,31,36-37,54H,15,17,20,23-24H2,1-9H3,(H,47,53)/b14-10+,25-12+/t26-,28+,29+,31-,36+,37-,44+/m1/s1. The number of amides is 3. The van der Waals surface area contributed by atoms with E-state index >= 15 is 0 Å². The van der Waals surface area contributed by atoms with E-state index in [0.717, 1.165) is 16.7 Å². The number of nitrogens with one attached hydrogen (secondary N) is 1. The molecule has 3 amide bonds. The summed E-state index contributed by atoms with van der Waals surface area (Å²) in [6.45, 7) is 9.35. The SMILES string of the molecule is COc1cc2cc(c1Cl)N(C)C(=O)C[C@H](OC(=O)[C@H](C)N(C)C(=O)c1ccc(C)c3ncccc13)CC[C@@H](C)[C@H](C)[C@@H]1C[C@@](O)(NC(=O)O1)[C@H](OC)/C=C/C=C(\C)C2. The second kappa shape index (κ2) is 18.7. The van der Waals surface area contributed by atoms with Crippen LogP contribution in [0.2, 0.25) is 5.02 Å². The molecule has 312 valence electrons. The average molecular weight is 819 g/mol. The molecule has 0 aliphatic carbocycles. The van der Waals surface area contributed by atoms with Crippen molar-refractivity contribution in [2.75, 3.05) is 33.2 Å². The van der Waals surface area contributed by atoms with Crippen LogP contribution in [0.3, 0.4) is 0 Å². The van der Waals surface area contributed by atoms with E-state index in [1.165, 1.54) is 31.1 Å². The van der Waals surface area contributed by atoms with Crippen LogP contribution in [0.4, 0.5) is 10.5 Å². The number of hydrogen-bond acceptors (Lipinski definition) is 10. The van der Waals surface area contributed by atoms with Crippen molar-refractivity contribution in [1.29, 1.82) is 0 Å². The Morgan fingerprint density at radius 3 is 2.59 bits per heavy atom. The zero-order chi connectivity index (χ0) is 42.5. The summed E-state index contributed by atoms with van der Waals surface area (Å²) in [6, 6.07) is 9.74. The Bertz CT molecular complexity index is 2090. The molecule has 4 bridgehead atoms. The summed E-state index contributed by atoms with van der Waals surface area (Å²) in [7, 11) is 6.11. The van der Waals surface area contributed by atoms with Gasteiger partial charge >= 0.3 is 12.1 Å². The van der Waals surface area contributed by atoms with Gasteiger partial charge in [-0.05, 0) is 87.3 Å². The second-order valence-electron chi connectivity index (χ2n) is 15.6. The highest BCUT2D eigenvalue weighted by atomic mass is 35.5. The molecule has 3 heterocycles. The van der Waals surface area contributed by atoms with Crippen molar-refractivity contribution in [3.8, 4) is 5.75 Å². The number of halogens is 1. The predicted octanol–water partition coefficient (Wildman–Crippen LogP) is 6.94. The number of benzene rings is 2. The van der Waals surface area contributed by atoms with E-state index in [0.29, 0.717) is 40.7 Å². The van der Waals surface area contributed by atoms with Crippen LogP contribution >= 0.6 is 11.6 Å². The van der Waals surface area contributed by atoms with Crippen molar-refractivity contribution in [3.05, 3.63) is 88.1 Å². The van der Waals surface area contributed by atoms with Gasteiger partial charge in [-0.2, -0.15) is 0 Å². The number of alkyl carbamates (subject to hydrolysis) is 1. The van der Waals surface area contributed by atoms with Crippen molar-refractivity contribution in [2.45, 2.75) is 96.8 Å². The number of fused-ring (bicyclic) bond motifs is 5. The number of pyridine rings is 1. The molecule has 1 aromatic heterocycles. The summed E-state index contributed by atoms with van der Waals surface area (Å²) in [4.78, 5) is 61.9. The summed E-state index contributed by atoms with van der Waals surface area (Å²) in [5.74, 6) is -1.41. The van der Waals surface area contributed by atoms with Gasteiger partial charge < -0.3 is 33.9 Å². The van der Waals surface area contributed by atoms with Crippen LogP contribution in [0.15, 0.2) is 66.4 Å². The fraction of sp³-hybridized carbons (Fsp3) is 0.477. The molecule has 2 aliphatic heterocycles. The molecule has 2 N–H and O–H groups in total. The number of likely N-dealkylation sites (N-methyl/N-ethyl adjacent to an activating group) is 1. The molecule has 3 aromatic rings. The van der Waals surface area contributed by atoms with Crippen molar-refractivity contribution in [1.82, 2.24) is 15.2 Å². The summed E-state index contributed by atoms with van der Waals surface area (Å²) in [5.41, 5.74) is 2.43. The molecular formula is C44H55ClN4O9. The highest BCUT2D eigenvalue weighted by molar-refractivity contribution is 6.35.